The summed E-state index contributed by atoms with van der Waals surface area (Å²) in [4.78, 5) is 163. The zero-order chi connectivity index (χ0) is 86.9. The molecule has 4 aliphatic carbocycles. The number of carboxylic acid groups (broad SMARTS) is 2. The summed E-state index contributed by atoms with van der Waals surface area (Å²) >= 11 is 1.39. The average molecular weight is 1710 g/mol. The Kier molecular flexibility index (Phi) is 26.3. The van der Waals surface area contributed by atoms with Gasteiger partial charge in [0.25, 0.3) is 27.8 Å². The molecular formula is C85H103N11O23S2. The number of aliphatic hydroxyl groups is 3. The number of nitrogens with zero attached hydrogens (tertiary/aromatic N) is 8. The number of aryl methyl sites for hydroxylation is 1. The number of aliphatic hydroxyl groups excluding tert-OH is 3. The molecule has 4 aliphatic heterocycles. The number of aromatic carboxylic acids is 1. The Morgan fingerprint density at radius 2 is 1.55 bits per heavy atom. The first-order chi connectivity index (χ1) is 57.3. The molecule has 6 aromatic rings. The number of para-hydroxylation sites is 1. The predicted octanol–water partition coefficient (Wildman–Crippen LogP) is 6.86. The number of benzene rings is 3. The van der Waals surface area contributed by atoms with Gasteiger partial charge in [0.05, 0.1) is 72.3 Å². The Hall–Kier alpha value is -10.3. The molecule has 11 atom stereocenters. The van der Waals surface area contributed by atoms with Crippen LogP contribution in [0.15, 0.2) is 91.1 Å². The van der Waals surface area contributed by atoms with Gasteiger partial charge in [-0.1, -0.05) is 83.2 Å². The van der Waals surface area contributed by atoms with E-state index in [1.54, 1.807) is 45.2 Å². The maximum Gasteiger partial charge on any atom is 0.410 e. The molecule has 6 fully saturated rings. The number of ketones is 2. The number of aliphatic carboxylic acids is 1. The number of hydrogen-bond acceptors (Lipinski definition) is 25. The highest BCUT2D eigenvalue weighted by atomic mass is 32.2. The van der Waals surface area contributed by atoms with Crippen molar-refractivity contribution >= 4 is 113 Å². The molecule has 4 bridgehead atoms. The van der Waals surface area contributed by atoms with Crippen molar-refractivity contribution < 1.29 is 110 Å². The van der Waals surface area contributed by atoms with E-state index < -0.39 is 161 Å². The third-order valence-electron chi connectivity index (χ3n) is 24.6. The first kappa shape index (κ1) is 88.5. The summed E-state index contributed by atoms with van der Waals surface area (Å²) in [6.07, 6.45) is -1.09. The fourth-order valence-corrected chi connectivity index (χ4v) is 21.0. The van der Waals surface area contributed by atoms with Gasteiger partial charge in [-0.2, -0.15) is 13.5 Å². The number of amides is 7. The van der Waals surface area contributed by atoms with Crippen molar-refractivity contribution in [3.8, 4) is 11.1 Å². The van der Waals surface area contributed by atoms with Gasteiger partial charge in [-0.3, -0.25) is 57.8 Å². The van der Waals surface area contributed by atoms with Crippen molar-refractivity contribution in [2.75, 3.05) is 67.3 Å². The number of Topliss-reactive ketones (excluding diaryl/α,β-unsaturated/α-hetero) is 2. The first-order valence-corrected chi connectivity index (χ1v) is 43.2. The Morgan fingerprint density at radius 1 is 0.818 bits per heavy atom. The van der Waals surface area contributed by atoms with E-state index in [2.05, 4.69) is 34.8 Å². The van der Waals surface area contributed by atoms with E-state index in [-0.39, 0.29) is 97.7 Å². The van der Waals surface area contributed by atoms with Crippen LogP contribution in [0.3, 0.4) is 0 Å². The van der Waals surface area contributed by atoms with Crippen LogP contribution in [-0.2, 0) is 100.0 Å². The zero-order valence-corrected chi connectivity index (χ0v) is 70.1. The summed E-state index contributed by atoms with van der Waals surface area (Å²) in [6.45, 7) is 12.6. The van der Waals surface area contributed by atoms with E-state index >= 15 is 0 Å². The zero-order valence-electron chi connectivity index (χ0n) is 68.4. The largest absolute Gasteiger partial charge is 0.479 e. The molecule has 8 aliphatic rings. The third-order valence-corrected chi connectivity index (χ3v) is 26.2. The van der Waals surface area contributed by atoms with Crippen molar-refractivity contribution in [3.63, 3.8) is 0 Å². The van der Waals surface area contributed by atoms with Crippen LogP contribution in [0.2, 0.25) is 0 Å². The Morgan fingerprint density at radius 3 is 2.25 bits per heavy atom. The number of aromatic nitrogens is 4. The summed E-state index contributed by atoms with van der Waals surface area (Å²) in [5, 5.41) is 66.9. The fraction of sp³-hybridized carbons (Fsp3) is 0.529. The molecule has 121 heavy (non-hydrogen) atoms. The average Bonchev–Trinajstić information content (AvgIpc) is 1.25. The number of pyridine rings is 1. The van der Waals surface area contributed by atoms with Crippen molar-refractivity contribution in [2.45, 2.75) is 206 Å². The first-order valence-electron chi connectivity index (χ1n) is 40.8. The summed E-state index contributed by atoms with van der Waals surface area (Å²) in [5.41, 5.74) is 4.50. The van der Waals surface area contributed by atoms with Gasteiger partial charge in [-0.25, -0.2) is 24.4 Å². The Balaban J connectivity index is 0.664. The summed E-state index contributed by atoms with van der Waals surface area (Å²) in [7, 11) is -4.43. The lowest BCUT2D eigenvalue weighted by atomic mass is 9.39. The lowest BCUT2D eigenvalue weighted by Crippen LogP contribution is -2.64. The number of thiazole rings is 1. The highest BCUT2D eigenvalue weighted by Gasteiger charge is 2.66. The SMILES string of the molecule is CCC(=O)CCN(CCOC12CC3(C)CC(C)(CC(Cn4ncc(-c5ccc(N6CCc7cccc(C(=O)Nc8nc9ccccc9s8)c7C6)nc5C(=O)O)c4C)(C3)C1)C2)C(=O)OCc1ccc(NC(=O)[C@H](C)CC(=O)[C@@H](NC(=O)CN2C(=O)[C@@H](N3C(=O)C=CC3=O)C[C@H]2COCCS(=O)(=O)O)C(C)C)cc1CC[C@@H]1O[C@H](C(=O)O)[C@@H](O)[C@H](O)[C@H]1O. The number of carbonyl (C=O) groups is 11. The van der Waals surface area contributed by atoms with Gasteiger partial charge in [0.1, 0.15) is 42.6 Å². The minimum absolute atomic E-state index is 0.00878. The molecule has 2 saturated heterocycles. The number of carboxylic acids is 2. The highest BCUT2D eigenvalue weighted by molar-refractivity contribution is 7.85. The summed E-state index contributed by atoms with van der Waals surface area (Å²) in [5.74, 6) is -9.53. The standard InChI is InChI=1S/C85H103N11O23S2/c1-8-55(97)25-27-92(28-29-118-85-43-82(6)40-83(7,44-85)42-84(41-82,45-85)46-95-49(5)58(35-86-95)56-19-21-65(89-70(56)78(108)109)93-26-24-50-12-11-13-57(59(50)36-93)76(106)91-80-88-60-14-9-10-15-64(60)120-80)81(112)117-38-52-16-18-53(33-51(52)17-20-63-71(102)72(103)73(104)74(119-63)79(110)111)87-75(105)48(4)32-62(98)69(47(2)3)90-66(99)37-94-54(39-116-30-31-121(113,114)115)34-61(77(94)107)96-67(100)22-23-68(96)101/h9-16,18-19,21-23,33,35,47-48,54,61,63,69,71-74,102-104H,8,17,20,24-32,34,36-46H2,1-7H3,(H,87,105)(H,90,99)(H,108,109)(H,110,111)(H,88,91,106)(H,113,114,115)/t48-,54+,61+,63+,69+,71+,72-,73+,74+,82?,83?,84?,85?/m1/s1. The van der Waals surface area contributed by atoms with Crippen LogP contribution in [0, 0.1) is 35.0 Å². The molecule has 9 N–H and O–H groups in total. The molecule has 648 valence electrons. The number of imide groups is 1. The molecule has 4 saturated carbocycles. The van der Waals surface area contributed by atoms with Gasteiger partial charge in [-0.15, -0.1) is 0 Å². The molecule has 0 radical (unpaired) electrons. The van der Waals surface area contributed by atoms with Crippen LogP contribution < -0.4 is 20.9 Å². The fourth-order valence-electron chi connectivity index (χ4n) is 19.8. The van der Waals surface area contributed by atoms with Crippen molar-refractivity contribution in [3.05, 3.63) is 130 Å². The second-order valence-corrected chi connectivity index (χ2v) is 37.1. The van der Waals surface area contributed by atoms with Crippen LogP contribution in [-0.4, -0.2) is 244 Å². The van der Waals surface area contributed by atoms with Gasteiger partial charge < -0.3 is 69.8 Å². The van der Waals surface area contributed by atoms with Crippen molar-refractivity contribution in [1.82, 2.24) is 39.8 Å². The number of nitrogens with one attached hydrogen (secondary N) is 3. The predicted molar refractivity (Wildman–Crippen MR) is 438 cm³/mol. The Labute approximate surface area is 702 Å². The molecule has 2 unspecified atom stereocenters. The maximum atomic E-state index is 14.6. The Bertz CT molecular complexity index is 5130. The number of likely N-dealkylation sites (tertiary alicyclic amines) is 1. The maximum absolute atomic E-state index is 14.6. The molecule has 3 aromatic heterocycles. The minimum Gasteiger partial charge on any atom is -0.479 e. The van der Waals surface area contributed by atoms with E-state index in [0.29, 0.717) is 71.2 Å². The summed E-state index contributed by atoms with van der Waals surface area (Å²) < 4.78 is 59.1. The van der Waals surface area contributed by atoms with E-state index in [1.165, 1.54) is 35.3 Å². The topological polar surface area (TPSA) is 473 Å². The van der Waals surface area contributed by atoms with E-state index in [9.17, 15) is 91.2 Å². The van der Waals surface area contributed by atoms with Crippen molar-refractivity contribution in [1.29, 1.82) is 0 Å². The second kappa shape index (κ2) is 36.0. The number of fused-ring (bicyclic) bond motifs is 2. The lowest BCUT2D eigenvalue weighted by molar-refractivity contribution is -0.248. The normalized spacial score (nSPS) is 25.4. The molecule has 14 rings (SSSR count). The molecule has 3 aromatic carbocycles. The number of rotatable bonds is 36. The molecule has 0 spiro atoms. The highest BCUT2D eigenvalue weighted by Crippen LogP contribution is 2.72. The molecular weight excluding hydrogens is 1610 g/mol. The molecule has 7 heterocycles. The molecule has 7 amide bonds. The molecule has 36 heteroatoms. The van der Waals surface area contributed by atoms with Crippen molar-refractivity contribution in [2.24, 2.45) is 28.1 Å². The third kappa shape index (κ3) is 19.9. The van der Waals surface area contributed by atoms with Gasteiger partial charge in [0, 0.05) is 105 Å². The van der Waals surface area contributed by atoms with Crippen LogP contribution in [0.25, 0.3) is 21.3 Å². The van der Waals surface area contributed by atoms with Crippen LogP contribution in [0.5, 0.6) is 0 Å². The number of anilines is 3. The van der Waals surface area contributed by atoms with Gasteiger partial charge >= 0.3 is 18.0 Å². The quantitative estimate of drug-likeness (QED) is 0.0110. The number of hydrogen-bond donors (Lipinski definition) is 9. The van der Waals surface area contributed by atoms with Gasteiger partial charge in [0.15, 0.2) is 22.7 Å². The van der Waals surface area contributed by atoms with Gasteiger partial charge in [-0.05, 0) is 152 Å². The lowest BCUT2D eigenvalue weighted by Gasteiger charge is -2.69. The number of ether oxygens (including phenoxy) is 4. The number of carbonyl (C=O) groups excluding carboxylic acids is 9. The van der Waals surface area contributed by atoms with E-state index in [1.807, 2.05) is 59.0 Å². The second-order valence-electron chi connectivity index (χ2n) is 34.5. The van der Waals surface area contributed by atoms with Crippen LogP contribution in [0.4, 0.5) is 21.4 Å². The summed E-state index contributed by atoms with van der Waals surface area (Å²) in [6, 6.07) is 18.0. The monoisotopic (exact) mass is 1710 g/mol. The molecule has 34 nitrogen and oxygen atoms in total. The van der Waals surface area contributed by atoms with E-state index in [0.717, 1.165) is 81.1 Å². The van der Waals surface area contributed by atoms with E-state index in [4.69, 9.17) is 29.0 Å². The van der Waals surface area contributed by atoms with Gasteiger partial charge in [0.2, 0.25) is 17.7 Å². The smallest absolute Gasteiger partial charge is 0.410 e. The minimum atomic E-state index is -4.43. The van der Waals surface area contributed by atoms with Crippen LogP contribution in [0.1, 0.15) is 161 Å². The van der Waals surface area contributed by atoms with Crippen LogP contribution >= 0.6 is 11.3 Å².